The molecule has 0 saturated heterocycles. The average molecular weight is 333 g/mol. The number of hydrogen-bond donors (Lipinski definition) is 1. The van der Waals surface area contributed by atoms with Crippen LogP contribution in [-0.4, -0.2) is 31.2 Å². The van der Waals surface area contributed by atoms with Gasteiger partial charge in [-0.15, -0.1) is 0 Å². The molecule has 1 aromatic heterocycles. The van der Waals surface area contributed by atoms with Crippen LogP contribution in [0.4, 0.5) is 4.79 Å². The van der Waals surface area contributed by atoms with Gasteiger partial charge in [0.25, 0.3) is 5.91 Å². The molecule has 0 aliphatic rings. The van der Waals surface area contributed by atoms with Crippen LogP contribution in [0.5, 0.6) is 0 Å². The summed E-state index contributed by atoms with van der Waals surface area (Å²) in [4.78, 5) is 46.6. The van der Waals surface area contributed by atoms with Crippen molar-refractivity contribution >= 4 is 28.9 Å². The van der Waals surface area contributed by atoms with E-state index in [1.807, 2.05) is 12.2 Å². The second-order valence-corrected chi connectivity index (χ2v) is 5.00. The first-order chi connectivity index (χ1) is 11.3. The Morgan fingerprint density at radius 1 is 1.21 bits per heavy atom. The highest BCUT2D eigenvalue weighted by atomic mass is 16.6. The van der Waals surface area contributed by atoms with Crippen LogP contribution >= 0.6 is 0 Å². The maximum absolute atomic E-state index is 12.1. The number of imide groups is 1. The van der Waals surface area contributed by atoms with Gasteiger partial charge >= 0.3 is 12.1 Å². The number of esters is 1. The zero-order chi connectivity index (χ0) is 17.9. The molecule has 0 radical (unpaired) electrons. The molecule has 2 amide bonds. The molecule has 0 fully saturated rings. The Labute approximate surface area is 136 Å². The highest BCUT2D eigenvalue weighted by molar-refractivity contribution is 5.96. The highest BCUT2D eigenvalue weighted by Crippen LogP contribution is 2.15. The Bertz CT molecular complexity index is 868. The highest BCUT2D eigenvalue weighted by Gasteiger charge is 2.23. The van der Waals surface area contributed by atoms with Gasteiger partial charge < -0.3 is 13.9 Å². The third kappa shape index (κ3) is 3.78. The van der Waals surface area contributed by atoms with Crippen LogP contribution in [0, 0.1) is 6.92 Å². The Morgan fingerprint density at radius 2 is 1.92 bits per heavy atom. The number of carbonyl (C=O) groups is 3. The summed E-state index contributed by atoms with van der Waals surface area (Å²) >= 11 is 0. The summed E-state index contributed by atoms with van der Waals surface area (Å²) in [5.74, 6) is -2.20. The SMILES string of the molecule is COC(=O)NC(=O)[C@@H](C)OC(=O)c1cc(=O)c2cc(C)ccc2o1. The van der Waals surface area contributed by atoms with Crippen molar-refractivity contribution in [3.05, 3.63) is 45.8 Å². The molecule has 24 heavy (non-hydrogen) atoms. The van der Waals surface area contributed by atoms with Gasteiger partial charge in [-0.3, -0.25) is 14.9 Å². The Morgan fingerprint density at radius 3 is 2.58 bits per heavy atom. The molecule has 0 aliphatic heterocycles. The molecule has 2 rings (SSSR count). The first kappa shape index (κ1) is 17.2. The lowest BCUT2D eigenvalue weighted by molar-refractivity contribution is -0.128. The molecule has 1 N–H and O–H groups in total. The van der Waals surface area contributed by atoms with E-state index in [2.05, 4.69) is 4.74 Å². The minimum Gasteiger partial charge on any atom is -0.453 e. The van der Waals surface area contributed by atoms with Crippen LogP contribution in [0.3, 0.4) is 0 Å². The van der Waals surface area contributed by atoms with Crippen molar-refractivity contribution in [3.63, 3.8) is 0 Å². The van der Waals surface area contributed by atoms with Crippen LogP contribution in [0.15, 0.2) is 33.5 Å². The van der Waals surface area contributed by atoms with Crippen LogP contribution in [0.1, 0.15) is 23.0 Å². The number of carbonyl (C=O) groups excluding carboxylic acids is 3. The van der Waals surface area contributed by atoms with E-state index in [1.165, 1.54) is 6.92 Å². The molecule has 0 aliphatic carbocycles. The summed E-state index contributed by atoms with van der Waals surface area (Å²) < 4.78 is 14.5. The fourth-order valence-corrected chi connectivity index (χ4v) is 1.90. The molecular weight excluding hydrogens is 318 g/mol. The zero-order valence-corrected chi connectivity index (χ0v) is 13.2. The van der Waals surface area contributed by atoms with Crippen LogP contribution in [0.25, 0.3) is 11.0 Å². The molecule has 0 spiro atoms. The number of methoxy groups -OCH3 is 1. The molecule has 8 heteroatoms. The van der Waals surface area contributed by atoms with Crippen molar-refractivity contribution in [3.8, 4) is 0 Å². The third-order valence-corrected chi connectivity index (χ3v) is 3.15. The van der Waals surface area contributed by atoms with E-state index in [9.17, 15) is 19.2 Å². The molecule has 0 unspecified atom stereocenters. The maximum Gasteiger partial charge on any atom is 0.413 e. The van der Waals surface area contributed by atoms with Crippen molar-refractivity contribution in [2.45, 2.75) is 20.0 Å². The van der Waals surface area contributed by atoms with Crippen molar-refractivity contribution in [2.75, 3.05) is 7.11 Å². The molecule has 126 valence electrons. The fraction of sp³-hybridized carbons (Fsp3) is 0.250. The number of ether oxygens (including phenoxy) is 2. The first-order valence-electron chi connectivity index (χ1n) is 6.96. The summed E-state index contributed by atoms with van der Waals surface area (Å²) in [5, 5.41) is 2.20. The standard InChI is InChI=1S/C16H15NO7/c1-8-4-5-12-10(6-8)11(18)7-13(24-12)15(20)23-9(2)14(19)17-16(21)22-3/h4-7,9H,1-3H3,(H,17,19,21)/t9-/m1/s1. The second kappa shape index (κ2) is 6.95. The van der Waals surface area contributed by atoms with Gasteiger partial charge in [0.1, 0.15) is 5.58 Å². The summed E-state index contributed by atoms with van der Waals surface area (Å²) in [6.07, 6.45) is -2.26. The number of alkyl carbamates (subject to hydrolysis) is 1. The number of rotatable bonds is 3. The summed E-state index contributed by atoms with van der Waals surface area (Å²) in [5.41, 5.74) is 0.698. The smallest absolute Gasteiger partial charge is 0.413 e. The predicted molar refractivity (Wildman–Crippen MR) is 82.6 cm³/mol. The Hall–Kier alpha value is -3.16. The van der Waals surface area contributed by atoms with Gasteiger partial charge in [-0.25, -0.2) is 9.59 Å². The fourth-order valence-electron chi connectivity index (χ4n) is 1.90. The van der Waals surface area contributed by atoms with E-state index in [1.54, 1.807) is 18.2 Å². The number of amides is 2. The van der Waals surface area contributed by atoms with Gasteiger partial charge in [0, 0.05) is 6.07 Å². The predicted octanol–water partition coefficient (Wildman–Crippen LogP) is 1.53. The normalized spacial score (nSPS) is 11.6. The van der Waals surface area contributed by atoms with E-state index in [0.29, 0.717) is 5.39 Å². The number of fused-ring (bicyclic) bond motifs is 1. The Kier molecular flexibility index (Phi) is 4.98. The molecule has 2 aromatic rings. The van der Waals surface area contributed by atoms with E-state index >= 15 is 0 Å². The lowest BCUT2D eigenvalue weighted by Crippen LogP contribution is -2.39. The van der Waals surface area contributed by atoms with E-state index in [0.717, 1.165) is 18.7 Å². The van der Waals surface area contributed by atoms with Crippen molar-refractivity contribution in [2.24, 2.45) is 0 Å². The minimum absolute atomic E-state index is 0.228. The third-order valence-electron chi connectivity index (χ3n) is 3.15. The molecule has 1 heterocycles. The van der Waals surface area contributed by atoms with E-state index in [4.69, 9.17) is 9.15 Å². The van der Waals surface area contributed by atoms with Crippen molar-refractivity contribution in [1.82, 2.24) is 5.32 Å². The second-order valence-electron chi connectivity index (χ2n) is 5.00. The number of nitrogens with one attached hydrogen (secondary N) is 1. The first-order valence-corrected chi connectivity index (χ1v) is 6.96. The molecule has 1 aromatic carbocycles. The van der Waals surface area contributed by atoms with Gasteiger partial charge in [0.15, 0.2) is 11.5 Å². The minimum atomic E-state index is -1.28. The van der Waals surface area contributed by atoms with E-state index < -0.39 is 29.5 Å². The maximum atomic E-state index is 12.1. The quantitative estimate of drug-likeness (QED) is 0.848. The molecule has 1 atom stereocenters. The number of aryl methyl sites for hydroxylation is 1. The number of hydrogen-bond acceptors (Lipinski definition) is 7. The molecular formula is C16H15NO7. The van der Waals surface area contributed by atoms with Gasteiger partial charge in [0.05, 0.1) is 12.5 Å². The molecule has 0 bridgehead atoms. The van der Waals surface area contributed by atoms with Crippen LogP contribution in [-0.2, 0) is 14.3 Å². The summed E-state index contributed by atoms with van der Waals surface area (Å²) in [7, 11) is 1.09. The van der Waals surface area contributed by atoms with Crippen molar-refractivity contribution in [1.29, 1.82) is 0 Å². The monoisotopic (exact) mass is 333 g/mol. The largest absolute Gasteiger partial charge is 0.453 e. The lowest BCUT2D eigenvalue weighted by atomic mass is 10.1. The zero-order valence-electron chi connectivity index (χ0n) is 13.2. The lowest BCUT2D eigenvalue weighted by Gasteiger charge is -2.12. The van der Waals surface area contributed by atoms with Crippen LogP contribution < -0.4 is 10.7 Å². The van der Waals surface area contributed by atoms with Gasteiger partial charge in [-0.1, -0.05) is 11.6 Å². The average Bonchev–Trinajstić information content (AvgIpc) is 2.54. The number of benzene rings is 1. The van der Waals surface area contributed by atoms with Crippen molar-refractivity contribution < 1.29 is 28.3 Å². The van der Waals surface area contributed by atoms with Gasteiger partial charge in [-0.05, 0) is 26.0 Å². The van der Waals surface area contributed by atoms with E-state index in [-0.39, 0.29) is 11.3 Å². The molecule has 0 saturated carbocycles. The van der Waals surface area contributed by atoms with Gasteiger partial charge in [-0.2, -0.15) is 0 Å². The van der Waals surface area contributed by atoms with Gasteiger partial charge in [0.2, 0.25) is 5.76 Å². The van der Waals surface area contributed by atoms with Crippen LogP contribution in [0.2, 0.25) is 0 Å². The Balaban J connectivity index is 2.19. The molecule has 8 nitrogen and oxygen atoms in total. The topological polar surface area (TPSA) is 112 Å². The summed E-state index contributed by atoms with van der Waals surface area (Å²) in [6.45, 7) is 3.08. The summed E-state index contributed by atoms with van der Waals surface area (Å²) in [6, 6.07) is 5.93.